The summed E-state index contributed by atoms with van der Waals surface area (Å²) < 4.78 is 0. The number of aliphatic hydroxyl groups excluding tert-OH is 1. The van der Waals surface area contributed by atoms with Crippen molar-refractivity contribution in [3.8, 4) is 0 Å². The van der Waals surface area contributed by atoms with Crippen molar-refractivity contribution in [3.05, 3.63) is 35.9 Å². The van der Waals surface area contributed by atoms with E-state index >= 15 is 0 Å². The average Bonchev–Trinajstić information content (AvgIpc) is 3.07. The minimum Gasteiger partial charge on any atom is -0.378 e. The number of carbonyl (C=O) groups excluding carboxylic acids is 1. The monoisotopic (exact) mass is 258 g/mol. The van der Waals surface area contributed by atoms with Gasteiger partial charge in [-0.15, -0.1) is 0 Å². The van der Waals surface area contributed by atoms with Crippen molar-refractivity contribution in [2.45, 2.75) is 31.8 Å². The molecule has 2 N–H and O–H groups in total. The molecule has 0 radical (unpaired) electrons. The van der Waals surface area contributed by atoms with Gasteiger partial charge in [0.2, 0.25) is 0 Å². The molecule has 0 heterocycles. The maximum Gasteiger partial charge on any atom is 0.273 e. The normalized spacial score (nSPS) is 28.6. The molecule has 0 aliphatic heterocycles. The fraction of sp³-hybridized carbons (Fsp3) is 0.467. The Morgan fingerprint density at radius 2 is 2.11 bits per heavy atom. The van der Waals surface area contributed by atoms with E-state index in [1.165, 1.54) is 19.3 Å². The van der Waals surface area contributed by atoms with Crippen LogP contribution in [0.4, 0.5) is 0 Å². The van der Waals surface area contributed by atoms with Crippen molar-refractivity contribution in [1.29, 1.82) is 0 Å². The van der Waals surface area contributed by atoms with Crippen LogP contribution < -0.4 is 5.43 Å². The number of rotatable bonds is 3. The van der Waals surface area contributed by atoms with Crippen LogP contribution in [0, 0.1) is 11.8 Å². The summed E-state index contributed by atoms with van der Waals surface area (Å²) in [6, 6.07) is 8.91. The SMILES string of the molecule is O=C(N/N=C1/CC2CCC1C2)C(O)c1ccccc1. The molecule has 2 bridgehead atoms. The van der Waals surface area contributed by atoms with Gasteiger partial charge < -0.3 is 5.11 Å². The number of hydrazone groups is 1. The van der Waals surface area contributed by atoms with Gasteiger partial charge in [0.1, 0.15) is 0 Å². The third-order valence-corrected chi connectivity index (χ3v) is 4.18. The first kappa shape index (κ1) is 12.4. The Labute approximate surface area is 112 Å². The second-order valence-corrected chi connectivity index (χ2v) is 5.47. The lowest BCUT2D eigenvalue weighted by Gasteiger charge is -2.13. The molecular formula is C15H18N2O2. The third kappa shape index (κ3) is 2.54. The van der Waals surface area contributed by atoms with Gasteiger partial charge in [-0.1, -0.05) is 30.3 Å². The summed E-state index contributed by atoms with van der Waals surface area (Å²) in [5, 5.41) is 14.1. The highest BCUT2D eigenvalue weighted by Gasteiger charge is 2.36. The van der Waals surface area contributed by atoms with E-state index in [-0.39, 0.29) is 0 Å². The van der Waals surface area contributed by atoms with Crippen molar-refractivity contribution >= 4 is 11.6 Å². The summed E-state index contributed by atoms with van der Waals surface area (Å²) in [5.74, 6) is 0.861. The predicted molar refractivity (Wildman–Crippen MR) is 72.4 cm³/mol. The van der Waals surface area contributed by atoms with Crippen LogP contribution in [0.5, 0.6) is 0 Å². The lowest BCUT2D eigenvalue weighted by Crippen LogP contribution is -2.27. The van der Waals surface area contributed by atoms with Gasteiger partial charge in [0.25, 0.3) is 5.91 Å². The lowest BCUT2D eigenvalue weighted by atomic mass is 9.99. The number of hydrogen-bond donors (Lipinski definition) is 2. The highest BCUT2D eigenvalue weighted by Crippen LogP contribution is 2.42. The van der Waals surface area contributed by atoms with Gasteiger partial charge in [-0.3, -0.25) is 4.79 Å². The summed E-state index contributed by atoms with van der Waals surface area (Å²) in [6.07, 6.45) is 3.57. The van der Waals surface area contributed by atoms with E-state index in [4.69, 9.17) is 0 Å². The number of nitrogens with one attached hydrogen (secondary N) is 1. The molecule has 3 atom stereocenters. The highest BCUT2D eigenvalue weighted by atomic mass is 16.3. The summed E-state index contributed by atoms with van der Waals surface area (Å²) in [7, 11) is 0. The summed E-state index contributed by atoms with van der Waals surface area (Å²) in [5.41, 5.74) is 4.20. The van der Waals surface area contributed by atoms with Gasteiger partial charge in [0.05, 0.1) is 0 Å². The van der Waals surface area contributed by atoms with Crippen molar-refractivity contribution < 1.29 is 9.90 Å². The van der Waals surface area contributed by atoms with Gasteiger partial charge in [0.15, 0.2) is 6.10 Å². The largest absolute Gasteiger partial charge is 0.378 e. The smallest absolute Gasteiger partial charge is 0.273 e. The Hall–Kier alpha value is -1.68. The number of hydrogen-bond acceptors (Lipinski definition) is 3. The van der Waals surface area contributed by atoms with E-state index < -0.39 is 12.0 Å². The number of carbonyl (C=O) groups is 1. The molecule has 2 saturated carbocycles. The van der Waals surface area contributed by atoms with Crippen molar-refractivity contribution in [2.75, 3.05) is 0 Å². The van der Waals surface area contributed by atoms with Crippen LogP contribution in [-0.2, 0) is 4.79 Å². The maximum atomic E-state index is 11.8. The maximum absolute atomic E-state index is 11.8. The number of aliphatic hydroxyl groups is 1. The fourth-order valence-corrected chi connectivity index (χ4v) is 3.14. The zero-order valence-electron chi connectivity index (χ0n) is 10.7. The summed E-state index contributed by atoms with van der Waals surface area (Å²) in [6.45, 7) is 0. The molecule has 1 amide bonds. The highest BCUT2D eigenvalue weighted by molar-refractivity contribution is 5.91. The molecule has 3 unspecified atom stereocenters. The summed E-state index contributed by atoms with van der Waals surface area (Å²) >= 11 is 0. The van der Waals surface area contributed by atoms with Gasteiger partial charge >= 0.3 is 0 Å². The Balaban J connectivity index is 1.61. The molecule has 2 aliphatic carbocycles. The second kappa shape index (κ2) is 5.13. The van der Waals surface area contributed by atoms with Gasteiger partial charge in [0, 0.05) is 5.71 Å². The van der Waals surface area contributed by atoms with Crippen LogP contribution in [-0.4, -0.2) is 16.7 Å². The topological polar surface area (TPSA) is 61.7 Å². The Kier molecular flexibility index (Phi) is 3.34. The molecule has 3 rings (SSSR count). The van der Waals surface area contributed by atoms with Crippen molar-refractivity contribution in [3.63, 3.8) is 0 Å². The van der Waals surface area contributed by atoms with Crippen LogP contribution in [0.2, 0.25) is 0 Å². The minimum atomic E-state index is -1.15. The van der Waals surface area contributed by atoms with Crippen molar-refractivity contribution in [1.82, 2.24) is 5.43 Å². The van der Waals surface area contributed by atoms with E-state index in [9.17, 15) is 9.90 Å². The quantitative estimate of drug-likeness (QED) is 0.815. The molecule has 100 valence electrons. The Morgan fingerprint density at radius 1 is 1.32 bits per heavy atom. The number of nitrogens with zero attached hydrogens (tertiary/aromatic N) is 1. The van der Waals surface area contributed by atoms with Crippen LogP contribution in [0.3, 0.4) is 0 Å². The molecule has 2 aliphatic rings. The second-order valence-electron chi connectivity index (χ2n) is 5.47. The molecule has 4 nitrogen and oxygen atoms in total. The van der Waals surface area contributed by atoms with Crippen molar-refractivity contribution in [2.24, 2.45) is 16.9 Å². The zero-order chi connectivity index (χ0) is 13.2. The third-order valence-electron chi connectivity index (χ3n) is 4.18. The van der Waals surface area contributed by atoms with E-state index in [1.807, 2.05) is 6.07 Å². The predicted octanol–water partition coefficient (Wildman–Crippen LogP) is 2.01. The molecule has 19 heavy (non-hydrogen) atoms. The van der Waals surface area contributed by atoms with Gasteiger partial charge in [-0.25, -0.2) is 5.43 Å². The molecule has 0 saturated heterocycles. The Morgan fingerprint density at radius 3 is 2.74 bits per heavy atom. The molecule has 0 aromatic heterocycles. The molecule has 1 aromatic rings. The van der Waals surface area contributed by atoms with Gasteiger partial charge in [-0.05, 0) is 43.1 Å². The molecule has 1 aromatic carbocycles. The first-order chi connectivity index (χ1) is 9.24. The molecular weight excluding hydrogens is 240 g/mol. The molecule has 0 spiro atoms. The average molecular weight is 258 g/mol. The number of fused-ring (bicyclic) bond motifs is 2. The van der Waals surface area contributed by atoms with E-state index in [2.05, 4.69) is 10.5 Å². The van der Waals surface area contributed by atoms with Crippen LogP contribution in [0.15, 0.2) is 35.4 Å². The van der Waals surface area contributed by atoms with E-state index in [0.29, 0.717) is 11.5 Å². The van der Waals surface area contributed by atoms with Gasteiger partial charge in [-0.2, -0.15) is 5.10 Å². The van der Waals surface area contributed by atoms with Crippen LogP contribution in [0.1, 0.15) is 37.4 Å². The molecule has 4 heteroatoms. The van der Waals surface area contributed by atoms with Crippen LogP contribution in [0.25, 0.3) is 0 Å². The minimum absolute atomic E-state index is 0.457. The fourth-order valence-electron chi connectivity index (χ4n) is 3.14. The standard InChI is InChI=1S/C15H18N2O2/c18-14(11-4-2-1-3-5-11)15(19)17-16-13-9-10-6-7-12(13)8-10/h1-5,10,12,14,18H,6-9H2,(H,17,19)/b16-13-. The number of amides is 1. The molecule has 2 fully saturated rings. The first-order valence-corrected chi connectivity index (χ1v) is 6.83. The van der Waals surface area contributed by atoms with E-state index in [1.54, 1.807) is 24.3 Å². The van der Waals surface area contributed by atoms with Crippen LogP contribution >= 0.6 is 0 Å². The van der Waals surface area contributed by atoms with E-state index in [0.717, 1.165) is 18.1 Å². The zero-order valence-corrected chi connectivity index (χ0v) is 10.7. The Bertz CT molecular complexity index is 498. The number of benzene rings is 1. The lowest BCUT2D eigenvalue weighted by molar-refractivity contribution is -0.129. The summed E-state index contributed by atoms with van der Waals surface area (Å²) in [4.78, 5) is 11.8. The first-order valence-electron chi connectivity index (χ1n) is 6.83.